The maximum Gasteiger partial charge on any atom is 0.168 e. The maximum atomic E-state index is 10.0. The number of halogens is 2. The van der Waals surface area contributed by atoms with Crippen LogP contribution in [0.2, 0.25) is 0 Å². The van der Waals surface area contributed by atoms with E-state index in [4.69, 9.17) is 0 Å². The first-order valence-corrected chi connectivity index (χ1v) is 6.97. The van der Waals surface area contributed by atoms with Gasteiger partial charge in [-0.1, -0.05) is 0 Å². The summed E-state index contributed by atoms with van der Waals surface area (Å²) >= 11 is 6.51. The molecule has 19 heavy (non-hydrogen) atoms. The van der Waals surface area contributed by atoms with E-state index in [-0.39, 0.29) is 0 Å². The van der Waals surface area contributed by atoms with Gasteiger partial charge in [0, 0.05) is 35.4 Å². The minimum absolute atomic E-state index is 0.457. The molecule has 0 saturated heterocycles. The second kappa shape index (κ2) is 8.01. The van der Waals surface area contributed by atoms with Crippen LogP contribution in [0.25, 0.3) is 0 Å². The molecule has 6 heteroatoms. The number of nitrogens with zero attached hydrogens (tertiary/aromatic N) is 3. The SMILES string of the molecule is CN(C)c1ccc(Br)cn1.O=Cc1ccc(Br)cn1. The van der Waals surface area contributed by atoms with Gasteiger partial charge in [-0.2, -0.15) is 0 Å². The molecule has 4 nitrogen and oxygen atoms in total. The lowest BCUT2D eigenvalue weighted by Crippen LogP contribution is -2.09. The monoisotopic (exact) mass is 385 g/mol. The Labute approximate surface area is 129 Å². The van der Waals surface area contributed by atoms with Gasteiger partial charge in [0.25, 0.3) is 0 Å². The highest BCUT2D eigenvalue weighted by atomic mass is 79.9. The summed E-state index contributed by atoms with van der Waals surface area (Å²) in [6, 6.07) is 7.36. The number of rotatable bonds is 2. The molecular formula is C13H13Br2N3O. The van der Waals surface area contributed by atoms with Crippen LogP contribution >= 0.6 is 31.9 Å². The predicted octanol–water partition coefficient (Wildman–Crippen LogP) is 3.57. The van der Waals surface area contributed by atoms with Crippen LogP contribution in [-0.4, -0.2) is 30.3 Å². The van der Waals surface area contributed by atoms with Crippen LogP contribution in [0.1, 0.15) is 10.5 Å². The van der Waals surface area contributed by atoms with Crippen molar-refractivity contribution in [2.75, 3.05) is 19.0 Å². The number of carbonyl (C=O) groups is 1. The van der Waals surface area contributed by atoms with Crippen molar-refractivity contribution in [1.29, 1.82) is 0 Å². The molecule has 0 spiro atoms. The van der Waals surface area contributed by atoms with Crippen molar-refractivity contribution in [1.82, 2.24) is 9.97 Å². The van der Waals surface area contributed by atoms with Crippen LogP contribution in [0.15, 0.2) is 45.6 Å². The van der Waals surface area contributed by atoms with Gasteiger partial charge in [-0.05, 0) is 56.1 Å². The normalized spacial score (nSPS) is 9.26. The molecule has 2 aromatic rings. The predicted molar refractivity (Wildman–Crippen MR) is 83.6 cm³/mol. The lowest BCUT2D eigenvalue weighted by atomic mass is 10.4. The van der Waals surface area contributed by atoms with E-state index >= 15 is 0 Å². The van der Waals surface area contributed by atoms with Crippen molar-refractivity contribution in [2.24, 2.45) is 0 Å². The molecule has 0 aliphatic heterocycles. The highest BCUT2D eigenvalue weighted by molar-refractivity contribution is 9.10. The third-order valence-electron chi connectivity index (χ3n) is 2.04. The molecule has 0 radical (unpaired) electrons. The van der Waals surface area contributed by atoms with E-state index in [1.54, 1.807) is 24.5 Å². The van der Waals surface area contributed by atoms with E-state index in [1.807, 2.05) is 31.1 Å². The van der Waals surface area contributed by atoms with Gasteiger partial charge >= 0.3 is 0 Å². The molecule has 2 rings (SSSR count). The average Bonchev–Trinajstić information content (AvgIpc) is 2.41. The molecule has 2 heterocycles. The number of hydrogen-bond acceptors (Lipinski definition) is 4. The van der Waals surface area contributed by atoms with Gasteiger partial charge < -0.3 is 4.90 Å². The van der Waals surface area contributed by atoms with Gasteiger partial charge in [0.2, 0.25) is 0 Å². The standard InChI is InChI=1S/C7H9BrN2.C6H4BrNO/c1-10(2)7-4-3-6(8)5-9-7;7-5-1-2-6(4-9)8-3-5/h3-5H,1-2H3;1-4H. The summed E-state index contributed by atoms with van der Waals surface area (Å²) in [6.07, 6.45) is 4.09. The summed E-state index contributed by atoms with van der Waals surface area (Å²) in [4.78, 5) is 19.9. The molecule has 0 unspecified atom stereocenters. The van der Waals surface area contributed by atoms with Crippen LogP contribution < -0.4 is 4.90 Å². The quantitative estimate of drug-likeness (QED) is 0.740. The van der Waals surface area contributed by atoms with Crippen molar-refractivity contribution in [3.8, 4) is 0 Å². The zero-order valence-electron chi connectivity index (χ0n) is 10.5. The zero-order chi connectivity index (χ0) is 14.3. The summed E-state index contributed by atoms with van der Waals surface area (Å²) < 4.78 is 1.89. The van der Waals surface area contributed by atoms with Crippen molar-refractivity contribution in [3.63, 3.8) is 0 Å². The van der Waals surface area contributed by atoms with Gasteiger partial charge in [-0.3, -0.25) is 9.78 Å². The van der Waals surface area contributed by atoms with Gasteiger partial charge in [-0.25, -0.2) is 4.98 Å². The number of aldehydes is 1. The van der Waals surface area contributed by atoms with Crippen molar-refractivity contribution in [2.45, 2.75) is 0 Å². The molecule has 0 saturated carbocycles. The van der Waals surface area contributed by atoms with Gasteiger partial charge in [-0.15, -0.1) is 0 Å². The van der Waals surface area contributed by atoms with Crippen LogP contribution in [0.5, 0.6) is 0 Å². The van der Waals surface area contributed by atoms with E-state index in [0.717, 1.165) is 14.8 Å². The largest absolute Gasteiger partial charge is 0.363 e. The fraction of sp³-hybridized carbons (Fsp3) is 0.154. The Balaban J connectivity index is 0.000000191. The summed E-state index contributed by atoms with van der Waals surface area (Å²) in [5, 5.41) is 0. The molecule has 100 valence electrons. The number of carbonyl (C=O) groups excluding carboxylic acids is 1. The van der Waals surface area contributed by atoms with E-state index in [9.17, 15) is 4.79 Å². The van der Waals surface area contributed by atoms with Crippen molar-refractivity contribution in [3.05, 3.63) is 51.3 Å². The van der Waals surface area contributed by atoms with Crippen LogP contribution in [0, 0.1) is 0 Å². The van der Waals surface area contributed by atoms with Crippen LogP contribution in [0.4, 0.5) is 5.82 Å². The van der Waals surface area contributed by atoms with E-state index < -0.39 is 0 Å². The fourth-order valence-corrected chi connectivity index (χ4v) is 1.56. The van der Waals surface area contributed by atoms with Crippen molar-refractivity contribution >= 4 is 44.0 Å². The van der Waals surface area contributed by atoms with Crippen LogP contribution in [-0.2, 0) is 0 Å². The van der Waals surface area contributed by atoms with Gasteiger partial charge in [0.1, 0.15) is 11.5 Å². The van der Waals surface area contributed by atoms with Gasteiger partial charge in [0.05, 0.1) is 0 Å². The molecule has 0 atom stereocenters. The first kappa shape index (κ1) is 15.8. The summed E-state index contributed by atoms with van der Waals surface area (Å²) in [5.74, 6) is 0.975. The highest BCUT2D eigenvalue weighted by Gasteiger charge is 1.93. The van der Waals surface area contributed by atoms with Crippen LogP contribution in [0.3, 0.4) is 0 Å². The Kier molecular flexibility index (Phi) is 6.66. The minimum Gasteiger partial charge on any atom is -0.363 e. The molecular weight excluding hydrogens is 374 g/mol. The molecule has 0 aliphatic rings. The first-order chi connectivity index (χ1) is 9.02. The smallest absolute Gasteiger partial charge is 0.168 e. The Morgan fingerprint density at radius 1 is 1.00 bits per heavy atom. The van der Waals surface area contributed by atoms with Crippen molar-refractivity contribution < 1.29 is 4.79 Å². The summed E-state index contributed by atoms with van der Waals surface area (Å²) in [7, 11) is 3.94. The number of anilines is 1. The molecule has 0 aromatic carbocycles. The molecule has 0 bridgehead atoms. The van der Waals surface area contributed by atoms with E-state index in [1.165, 1.54) is 0 Å². The topological polar surface area (TPSA) is 46.1 Å². The second-order valence-corrected chi connectivity index (χ2v) is 5.58. The first-order valence-electron chi connectivity index (χ1n) is 5.38. The fourth-order valence-electron chi connectivity index (χ4n) is 1.09. The molecule has 0 N–H and O–H groups in total. The Morgan fingerprint density at radius 2 is 1.58 bits per heavy atom. The average molecular weight is 387 g/mol. The summed E-state index contributed by atoms with van der Waals surface area (Å²) in [5.41, 5.74) is 0.457. The Hall–Kier alpha value is -1.27. The number of pyridine rings is 2. The maximum absolute atomic E-state index is 10.0. The Bertz CT molecular complexity index is 512. The summed E-state index contributed by atoms with van der Waals surface area (Å²) in [6.45, 7) is 0. The number of aromatic nitrogens is 2. The van der Waals surface area contributed by atoms with E-state index in [2.05, 4.69) is 41.8 Å². The molecule has 0 amide bonds. The second-order valence-electron chi connectivity index (χ2n) is 3.75. The third kappa shape index (κ3) is 5.94. The third-order valence-corrected chi connectivity index (χ3v) is 2.98. The Morgan fingerprint density at radius 3 is 1.95 bits per heavy atom. The zero-order valence-corrected chi connectivity index (χ0v) is 13.7. The van der Waals surface area contributed by atoms with Gasteiger partial charge in [0.15, 0.2) is 6.29 Å². The van der Waals surface area contributed by atoms with E-state index in [0.29, 0.717) is 12.0 Å². The molecule has 0 fully saturated rings. The lowest BCUT2D eigenvalue weighted by Gasteiger charge is -2.09. The molecule has 2 aromatic heterocycles. The number of hydrogen-bond donors (Lipinski definition) is 0. The highest BCUT2D eigenvalue weighted by Crippen LogP contribution is 2.11. The minimum atomic E-state index is 0.457. The lowest BCUT2D eigenvalue weighted by molar-refractivity contribution is 0.111. The molecule has 0 aliphatic carbocycles.